The van der Waals surface area contributed by atoms with Crippen LogP contribution >= 0.6 is 0 Å². The number of amides is 2. The minimum atomic E-state index is -0.569. The largest absolute Gasteiger partial charge is 0.366 e. The van der Waals surface area contributed by atoms with Crippen molar-refractivity contribution in [3.05, 3.63) is 53.3 Å². The zero-order valence-electron chi connectivity index (χ0n) is 12.4. The van der Waals surface area contributed by atoms with Crippen LogP contribution in [0.15, 0.2) is 36.5 Å². The molecule has 0 saturated heterocycles. The third-order valence-corrected chi connectivity index (χ3v) is 3.20. The molecule has 2 amide bonds. The van der Waals surface area contributed by atoms with Gasteiger partial charge in [0.05, 0.1) is 5.56 Å². The highest BCUT2D eigenvalue weighted by Gasteiger charge is 2.19. The Morgan fingerprint density at radius 3 is 2.43 bits per heavy atom. The molecule has 5 heteroatoms. The number of rotatable bonds is 3. The van der Waals surface area contributed by atoms with Gasteiger partial charge >= 0.3 is 0 Å². The first-order valence-electron chi connectivity index (χ1n) is 6.68. The second-order valence-corrected chi connectivity index (χ2v) is 5.92. The molecule has 1 aromatic heterocycles. The van der Waals surface area contributed by atoms with Gasteiger partial charge < -0.3 is 16.0 Å². The molecule has 0 aliphatic heterocycles. The lowest BCUT2D eigenvalue weighted by molar-refractivity contribution is 0.0999. The Hall–Kier alpha value is -2.56. The highest BCUT2D eigenvalue weighted by Crippen LogP contribution is 2.29. The standard InChI is InChI=1S/C16H19N3O2/c1-16(2,3)11-6-4-5-7-12(11)19-15(21)13-8-10(9-18-13)14(17)20/h4-9,18H,1-3H3,(H2,17,20)(H,19,21). The van der Waals surface area contributed by atoms with Crippen LogP contribution in [0.3, 0.4) is 0 Å². The highest BCUT2D eigenvalue weighted by atomic mass is 16.2. The number of anilines is 1. The van der Waals surface area contributed by atoms with E-state index in [1.807, 2.05) is 24.3 Å². The van der Waals surface area contributed by atoms with Crippen LogP contribution in [0.1, 0.15) is 47.2 Å². The Kier molecular flexibility index (Phi) is 3.84. The Morgan fingerprint density at radius 1 is 1.19 bits per heavy atom. The molecule has 0 saturated carbocycles. The van der Waals surface area contributed by atoms with Crippen molar-refractivity contribution in [2.24, 2.45) is 5.73 Å². The van der Waals surface area contributed by atoms with E-state index >= 15 is 0 Å². The first-order valence-corrected chi connectivity index (χ1v) is 6.68. The fourth-order valence-electron chi connectivity index (χ4n) is 2.10. The number of nitrogens with one attached hydrogen (secondary N) is 2. The van der Waals surface area contributed by atoms with Crippen molar-refractivity contribution in [1.82, 2.24) is 4.98 Å². The van der Waals surface area contributed by atoms with Crippen molar-refractivity contribution in [3.63, 3.8) is 0 Å². The summed E-state index contributed by atoms with van der Waals surface area (Å²) < 4.78 is 0. The normalized spacial score (nSPS) is 11.2. The van der Waals surface area contributed by atoms with E-state index in [0.717, 1.165) is 11.3 Å². The molecule has 1 heterocycles. The first-order chi connectivity index (χ1) is 9.79. The third-order valence-electron chi connectivity index (χ3n) is 3.20. The topological polar surface area (TPSA) is 88.0 Å². The lowest BCUT2D eigenvalue weighted by Crippen LogP contribution is -2.19. The number of benzene rings is 1. The summed E-state index contributed by atoms with van der Waals surface area (Å²) >= 11 is 0. The summed E-state index contributed by atoms with van der Waals surface area (Å²) in [6, 6.07) is 9.09. The summed E-state index contributed by atoms with van der Waals surface area (Å²) in [7, 11) is 0. The zero-order valence-corrected chi connectivity index (χ0v) is 12.4. The summed E-state index contributed by atoms with van der Waals surface area (Å²) in [5, 5.41) is 2.86. The molecule has 2 rings (SSSR count). The molecule has 0 bridgehead atoms. The third kappa shape index (κ3) is 3.31. The molecular formula is C16H19N3O2. The predicted molar refractivity (Wildman–Crippen MR) is 82.4 cm³/mol. The average molecular weight is 285 g/mol. The van der Waals surface area contributed by atoms with Crippen LogP contribution in [0.4, 0.5) is 5.69 Å². The minimum absolute atomic E-state index is 0.0853. The second-order valence-electron chi connectivity index (χ2n) is 5.92. The smallest absolute Gasteiger partial charge is 0.272 e. The fraction of sp³-hybridized carbons (Fsp3) is 0.250. The number of hydrogen-bond donors (Lipinski definition) is 3. The zero-order chi connectivity index (χ0) is 15.6. The number of hydrogen-bond acceptors (Lipinski definition) is 2. The lowest BCUT2D eigenvalue weighted by Gasteiger charge is -2.22. The van der Waals surface area contributed by atoms with Gasteiger partial charge in [0.2, 0.25) is 5.91 Å². The van der Waals surface area contributed by atoms with E-state index in [-0.39, 0.29) is 16.9 Å². The van der Waals surface area contributed by atoms with Gasteiger partial charge in [0.15, 0.2) is 0 Å². The molecule has 0 aliphatic carbocycles. The van der Waals surface area contributed by atoms with Gasteiger partial charge in [0, 0.05) is 11.9 Å². The molecule has 2 aromatic rings. The Morgan fingerprint density at radius 2 is 1.86 bits per heavy atom. The monoisotopic (exact) mass is 285 g/mol. The average Bonchev–Trinajstić information content (AvgIpc) is 2.88. The number of aromatic amines is 1. The molecule has 110 valence electrons. The van der Waals surface area contributed by atoms with E-state index in [9.17, 15) is 9.59 Å². The molecule has 0 radical (unpaired) electrons. The van der Waals surface area contributed by atoms with E-state index in [1.54, 1.807) is 0 Å². The van der Waals surface area contributed by atoms with Crippen LogP contribution in [0, 0.1) is 0 Å². The van der Waals surface area contributed by atoms with E-state index in [1.165, 1.54) is 12.3 Å². The van der Waals surface area contributed by atoms with Crippen LogP contribution in [-0.4, -0.2) is 16.8 Å². The molecule has 0 atom stereocenters. The van der Waals surface area contributed by atoms with Gasteiger partial charge in [-0.3, -0.25) is 9.59 Å². The van der Waals surface area contributed by atoms with E-state index < -0.39 is 5.91 Å². The summed E-state index contributed by atoms with van der Waals surface area (Å²) in [6.07, 6.45) is 1.42. The van der Waals surface area contributed by atoms with Crippen LogP contribution in [0.5, 0.6) is 0 Å². The molecule has 0 aliphatic rings. The van der Waals surface area contributed by atoms with Crippen molar-refractivity contribution < 1.29 is 9.59 Å². The molecule has 1 aromatic carbocycles. The number of carbonyl (C=O) groups excluding carboxylic acids is 2. The fourth-order valence-corrected chi connectivity index (χ4v) is 2.10. The molecule has 0 spiro atoms. The summed E-state index contributed by atoms with van der Waals surface area (Å²) in [4.78, 5) is 26.0. The van der Waals surface area contributed by atoms with Crippen LogP contribution in [0.2, 0.25) is 0 Å². The van der Waals surface area contributed by atoms with Gasteiger partial charge in [0.1, 0.15) is 5.69 Å². The van der Waals surface area contributed by atoms with Gasteiger partial charge in [-0.1, -0.05) is 39.0 Å². The number of aromatic nitrogens is 1. The molecule has 5 nitrogen and oxygen atoms in total. The van der Waals surface area contributed by atoms with E-state index in [4.69, 9.17) is 5.73 Å². The van der Waals surface area contributed by atoms with Crippen LogP contribution < -0.4 is 11.1 Å². The molecule has 0 unspecified atom stereocenters. The van der Waals surface area contributed by atoms with Crippen LogP contribution in [-0.2, 0) is 5.41 Å². The van der Waals surface area contributed by atoms with Crippen molar-refractivity contribution in [3.8, 4) is 0 Å². The number of para-hydroxylation sites is 1. The highest BCUT2D eigenvalue weighted by molar-refractivity contribution is 6.05. The number of carbonyl (C=O) groups is 2. The minimum Gasteiger partial charge on any atom is -0.366 e. The Balaban J connectivity index is 2.25. The van der Waals surface area contributed by atoms with Gasteiger partial charge in [-0.15, -0.1) is 0 Å². The van der Waals surface area contributed by atoms with Crippen LogP contribution in [0.25, 0.3) is 0 Å². The van der Waals surface area contributed by atoms with Gasteiger partial charge in [-0.25, -0.2) is 0 Å². The van der Waals surface area contributed by atoms with Gasteiger partial charge in [-0.05, 0) is 23.1 Å². The maximum absolute atomic E-state index is 12.2. The van der Waals surface area contributed by atoms with Crippen molar-refractivity contribution in [2.75, 3.05) is 5.32 Å². The van der Waals surface area contributed by atoms with E-state index in [0.29, 0.717) is 5.69 Å². The maximum atomic E-state index is 12.2. The molecule has 0 fully saturated rings. The summed E-state index contributed by atoms with van der Waals surface area (Å²) in [5.41, 5.74) is 7.46. The SMILES string of the molecule is CC(C)(C)c1ccccc1NC(=O)c1cc(C(N)=O)c[nH]1. The van der Waals surface area contributed by atoms with E-state index in [2.05, 4.69) is 31.1 Å². The number of primary amides is 1. The van der Waals surface area contributed by atoms with Crippen molar-refractivity contribution in [2.45, 2.75) is 26.2 Å². The Labute approximate surface area is 123 Å². The maximum Gasteiger partial charge on any atom is 0.272 e. The molecular weight excluding hydrogens is 266 g/mol. The van der Waals surface area contributed by atoms with Gasteiger partial charge in [0.25, 0.3) is 5.91 Å². The lowest BCUT2D eigenvalue weighted by atomic mass is 9.86. The predicted octanol–water partition coefficient (Wildman–Crippen LogP) is 2.66. The quantitative estimate of drug-likeness (QED) is 0.809. The van der Waals surface area contributed by atoms with Crippen molar-refractivity contribution in [1.29, 1.82) is 0 Å². The van der Waals surface area contributed by atoms with Crippen molar-refractivity contribution >= 4 is 17.5 Å². The number of H-pyrrole nitrogens is 1. The second kappa shape index (κ2) is 5.44. The number of nitrogens with two attached hydrogens (primary N) is 1. The Bertz CT molecular complexity index is 681. The molecule has 21 heavy (non-hydrogen) atoms. The first kappa shape index (κ1) is 14.8. The van der Waals surface area contributed by atoms with Gasteiger partial charge in [-0.2, -0.15) is 0 Å². The molecule has 4 N–H and O–H groups in total. The summed E-state index contributed by atoms with van der Waals surface area (Å²) in [6.45, 7) is 6.24. The summed E-state index contributed by atoms with van der Waals surface area (Å²) in [5.74, 6) is -0.875.